The van der Waals surface area contributed by atoms with Gasteiger partial charge in [0.25, 0.3) is 0 Å². The molecule has 0 heterocycles. The molecule has 0 aliphatic heterocycles. The molecule has 1 aromatic carbocycles. The fraction of sp³-hybridized carbons (Fsp3) is 0.333. The summed E-state index contributed by atoms with van der Waals surface area (Å²) in [6.45, 7) is 3.20. The van der Waals surface area contributed by atoms with Crippen LogP contribution in [-0.2, 0) is 30.4 Å². The molecule has 0 amide bonds. The average molecular weight is 293 g/mol. The topological polar surface area (TPSA) is 84.9 Å². The van der Waals surface area contributed by atoms with Crippen molar-refractivity contribution in [1.82, 2.24) is 0 Å². The molecule has 1 aromatic rings. The first-order valence-electron chi connectivity index (χ1n) is 6.52. The largest absolute Gasteiger partial charge is 0.865 e. The first-order chi connectivity index (χ1) is 10.1. The Morgan fingerprint density at radius 2 is 1.52 bits per heavy atom. The van der Waals surface area contributed by atoms with E-state index in [1.165, 1.54) is 0 Å². The van der Waals surface area contributed by atoms with Crippen molar-refractivity contribution in [3.05, 3.63) is 47.4 Å². The second kappa shape index (κ2) is 8.63. The third kappa shape index (κ3) is 5.18. The van der Waals surface area contributed by atoms with Gasteiger partial charge in [0.05, 0.1) is 13.2 Å². The average Bonchev–Trinajstić information content (AvgIpc) is 2.49. The maximum absolute atomic E-state index is 11.8. The second-order valence-corrected chi connectivity index (χ2v) is 3.87. The molecule has 0 radical (unpaired) electrons. The summed E-state index contributed by atoms with van der Waals surface area (Å²) in [5, 5.41) is 11.8. The van der Waals surface area contributed by atoms with Gasteiger partial charge in [0.15, 0.2) is 0 Å². The third-order valence-electron chi connectivity index (χ3n) is 2.35. The summed E-state index contributed by atoms with van der Waals surface area (Å²) in [5.41, 5.74) is 0.746. The van der Waals surface area contributed by atoms with Crippen LogP contribution >= 0.6 is 0 Å². The zero-order valence-electron chi connectivity index (χ0n) is 12.0. The highest BCUT2D eigenvalue weighted by atomic mass is 16.6. The molecule has 0 aliphatic rings. The van der Waals surface area contributed by atoms with Gasteiger partial charge in [-0.1, -0.05) is 30.3 Å². The van der Waals surface area contributed by atoms with E-state index in [9.17, 15) is 14.7 Å². The molecule has 21 heavy (non-hydrogen) atoms. The number of ether oxygens (including phenoxy) is 3. The fourth-order valence-electron chi connectivity index (χ4n) is 1.43. The summed E-state index contributed by atoms with van der Waals surface area (Å²) in [7, 11) is 0. The summed E-state index contributed by atoms with van der Waals surface area (Å²) in [4.78, 5) is 23.1. The summed E-state index contributed by atoms with van der Waals surface area (Å²) < 4.78 is 14.4. The van der Waals surface area contributed by atoms with Crippen molar-refractivity contribution < 1.29 is 28.9 Å². The Balaban J connectivity index is 2.89. The zero-order valence-corrected chi connectivity index (χ0v) is 12.0. The molecule has 0 spiro atoms. The summed E-state index contributed by atoms with van der Waals surface area (Å²) in [6, 6.07) is 8.92. The van der Waals surface area contributed by atoms with Crippen LogP contribution in [0.25, 0.3) is 0 Å². The maximum Gasteiger partial charge on any atom is 0.373 e. The Bertz CT molecular complexity index is 506. The number of carbonyl (C=O) groups is 2. The molecular formula is C15H17O6-. The highest BCUT2D eigenvalue weighted by molar-refractivity contribution is 5.96. The lowest BCUT2D eigenvalue weighted by atomic mass is 10.2. The monoisotopic (exact) mass is 293 g/mol. The van der Waals surface area contributed by atoms with Crippen LogP contribution in [0, 0.1) is 0 Å². The number of esters is 2. The van der Waals surface area contributed by atoms with E-state index in [4.69, 9.17) is 9.47 Å². The van der Waals surface area contributed by atoms with E-state index in [0.29, 0.717) is 0 Å². The zero-order chi connectivity index (χ0) is 15.7. The van der Waals surface area contributed by atoms with Crippen molar-refractivity contribution in [1.29, 1.82) is 0 Å². The van der Waals surface area contributed by atoms with Crippen LogP contribution in [0.4, 0.5) is 0 Å². The Hall–Kier alpha value is -2.50. The first-order valence-corrected chi connectivity index (χ1v) is 6.52. The first kappa shape index (κ1) is 16.6. The number of rotatable bonds is 7. The highest BCUT2D eigenvalue weighted by Gasteiger charge is 2.18. The molecule has 0 N–H and O–H groups in total. The van der Waals surface area contributed by atoms with E-state index in [0.717, 1.165) is 5.56 Å². The Morgan fingerprint density at radius 1 is 0.952 bits per heavy atom. The van der Waals surface area contributed by atoms with Crippen LogP contribution < -0.4 is 5.11 Å². The van der Waals surface area contributed by atoms with Gasteiger partial charge in [-0.2, -0.15) is 0 Å². The van der Waals surface area contributed by atoms with E-state index < -0.39 is 23.5 Å². The molecule has 0 aliphatic carbocycles. The summed E-state index contributed by atoms with van der Waals surface area (Å²) in [6.07, 6.45) is 0. The quantitative estimate of drug-likeness (QED) is 0.422. The predicted octanol–water partition coefficient (Wildman–Crippen LogP) is 0.901. The molecule has 6 heteroatoms. The van der Waals surface area contributed by atoms with E-state index in [1.807, 2.05) is 6.07 Å². The second-order valence-electron chi connectivity index (χ2n) is 3.87. The molecule has 0 aromatic heterocycles. The molecule has 0 bridgehead atoms. The minimum Gasteiger partial charge on any atom is -0.865 e. The smallest absolute Gasteiger partial charge is 0.373 e. The van der Waals surface area contributed by atoms with Crippen LogP contribution in [0.1, 0.15) is 19.4 Å². The summed E-state index contributed by atoms with van der Waals surface area (Å²) in [5.74, 6) is -3.94. The summed E-state index contributed by atoms with van der Waals surface area (Å²) >= 11 is 0. The number of carbonyl (C=O) groups excluding carboxylic acids is 2. The molecule has 6 nitrogen and oxygen atoms in total. The van der Waals surface area contributed by atoms with Gasteiger partial charge in [0.2, 0.25) is 5.76 Å². The van der Waals surface area contributed by atoms with Gasteiger partial charge in [0.1, 0.15) is 6.61 Å². The Labute approximate surface area is 122 Å². The van der Waals surface area contributed by atoms with Gasteiger partial charge in [-0.3, -0.25) is 0 Å². The van der Waals surface area contributed by atoms with Crippen molar-refractivity contribution in [2.24, 2.45) is 0 Å². The third-order valence-corrected chi connectivity index (χ3v) is 2.35. The minimum absolute atomic E-state index is 0.0271. The molecule has 0 saturated heterocycles. The van der Waals surface area contributed by atoms with E-state index in [-0.39, 0.29) is 19.8 Å². The number of benzene rings is 1. The lowest BCUT2D eigenvalue weighted by Crippen LogP contribution is -2.26. The van der Waals surface area contributed by atoms with Crippen molar-refractivity contribution >= 4 is 11.9 Å². The molecule has 0 fully saturated rings. The van der Waals surface area contributed by atoms with E-state index >= 15 is 0 Å². The molecule has 0 unspecified atom stereocenters. The molecule has 1 rings (SSSR count). The minimum atomic E-state index is -1.15. The molecule has 114 valence electrons. The van der Waals surface area contributed by atoms with Gasteiger partial charge >= 0.3 is 11.9 Å². The van der Waals surface area contributed by atoms with Crippen molar-refractivity contribution in [3.8, 4) is 0 Å². The molecule has 0 saturated carbocycles. The lowest BCUT2D eigenvalue weighted by Gasteiger charge is -2.17. The SMILES string of the molecule is CCOC(=O)/C([O-])=C(\OCc1ccccc1)C(=O)OCC. The lowest BCUT2D eigenvalue weighted by molar-refractivity contribution is -0.308. The van der Waals surface area contributed by atoms with Gasteiger partial charge in [-0.05, 0) is 19.4 Å². The number of hydrogen-bond acceptors (Lipinski definition) is 6. The molecular weight excluding hydrogens is 276 g/mol. The maximum atomic E-state index is 11.8. The van der Waals surface area contributed by atoms with Crippen LogP contribution in [0.15, 0.2) is 41.9 Å². The Kier molecular flexibility index (Phi) is 6.80. The van der Waals surface area contributed by atoms with Gasteiger partial charge in [0, 0.05) is 5.76 Å². The Morgan fingerprint density at radius 3 is 2.10 bits per heavy atom. The van der Waals surface area contributed by atoms with Crippen molar-refractivity contribution in [2.45, 2.75) is 20.5 Å². The normalized spacial score (nSPS) is 11.3. The standard InChI is InChI=1S/C15H18O6/c1-3-19-14(17)12(16)13(15(18)20-4-2)21-10-11-8-6-5-7-9-11/h5-9,16H,3-4,10H2,1-2H3/p-1/b13-12+. The highest BCUT2D eigenvalue weighted by Crippen LogP contribution is 2.11. The van der Waals surface area contributed by atoms with Gasteiger partial charge in [-0.15, -0.1) is 0 Å². The van der Waals surface area contributed by atoms with Crippen LogP contribution in [0.5, 0.6) is 0 Å². The van der Waals surface area contributed by atoms with E-state index in [2.05, 4.69) is 4.74 Å². The van der Waals surface area contributed by atoms with Gasteiger partial charge in [-0.25, -0.2) is 9.59 Å². The van der Waals surface area contributed by atoms with Crippen LogP contribution in [0.2, 0.25) is 0 Å². The predicted molar refractivity (Wildman–Crippen MR) is 71.5 cm³/mol. The number of hydrogen-bond donors (Lipinski definition) is 0. The van der Waals surface area contributed by atoms with Crippen LogP contribution in [0.3, 0.4) is 0 Å². The van der Waals surface area contributed by atoms with Crippen molar-refractivity contribution in [2.75, 3.05) is 13.2 Å². The fourth-order valence-corrected chi connectivity index (χ4v) is 1.43. The van der Waals surface area contributed by atoms with Gasteiger partial charge < -0.3 is 19.3 Å². The van der Waals surface area contributed by atoms with Crippen LogP contribution in [-0.4, -0.2) is 25.2 Å². The van der Waals surface area contributed by atoms with E-state index in [1.54, 1.807) is 38.1 Å². The van der Waals surface area contributed by atoms with Crippen molar-refractivity contribution in [3.63, 3.8) is 0 Å². The molecule has 0 atom stereocenters.